The lowest BCUT2D eigenvalue weighted by molar-refractivity contribution is -0.129. The van der Waals surface area contributed by atoms with Gasteiger partial charge in [0.1, 0.15) is 11.0 Å². The fourth-order valence-electron chi connectivity index (χ4n) is 1.11. The van der Waals surface area contributed by atoms with E-state index in [2.05, 4.69) is 4.98 Å². The molecule has 0 saturated carbocycles. The van der Waals surface area contributed by atoms with Crippen LogP contribution in [0.2, 0.25) is 0 Å². The van der Waals surface area contributed by atoms with Gasteiger partial charge < -0.3 is 4.74 Å². The Morgan fingerprint density at radius 2 is 2.29 bits per heavy atom. The highest BCUT2D eigenvalue weighted by Gasteiger charge is 2.21. The number of nitrogens with one attached hydrogen (secondary N) is 1. The fourth-order valence-corrected chi connectivity index (χ4v) is 2.11. The van der Waals surface area contributed by atoms with Crippen molar-refractivity contribution in [3.8, 4) is 0 Å². The van der Waals surface area contributed by atoms with Crippen LogP contribution in [0.25, 0.3) is 0 Å². The van der Waals surface area contributed by atoms with Crippen molar-refractivity contribution in [2.45, 2.75) is 24.8 Å². The van der Waals surface area contributed by atoms with Gasteiger partial charge in [0.2, 0.25) is 0 Å². The fraction of sp³-hybridized carbons (Fsp3) is 0.400. The molecule has 0 fully saturated rings. The highest BCUT2D eigenvalue weighted by Crippen LogP contribution is 2.05. The minimum atomic E-state index is -3.86. The van der Waals surface area contributed by atoms with Gasteiger partial charge in [-0.25, -0.2) is 13.1 Å². The Kier molecular flexibility index (Phi) is 4.59. The molecule has 94 valence electrons. The first-order chi connectivity index (χ1) is 7.97. The van der Waals surface area contributed by atoms with Crippen LogP contribution in [-0.2, 0) is 19.6 Å². The molecule has 0 saturated heterocycles. The molecule has 0 radical (unpaired) electrons. The van der Waals surface area contributed by atoms with Crippen molar-refractivity contribution in [2.24, 2.45) is 0 Å². The molecule has 1 atom stereocenters. The van der Waals surface area contributed by atoms with Gasteiger partial charge in [-0.2, -0.15) is 0 Å². The summed E-state index contributed by atoms with van der Waals surface area (Å²) < 4.78 is 30.4. The summed E-state index contributed by atoms with van der Waals surface area (Å²) in [5.74, 6) is -0.698. The second kappa shape index (κ2) is 5.74. The van der Waals surface area contributed by atoms with Crippen molar-refractivity contribution < 1.29 is 17.9 Å². The maximum absolute atomic E-state index is 11.7. The van der Waals surface area contributed by atoms with Crippen molar-refractivity contribution >= 4 is 15.9 Å². The van der Waals surface area contributed by atoms with Crippen LogP contribution in [0, 0.1) is 0 Å². The lowest BCUT2D eigenvalue weighted by Crippen LogP contribution is -2.38. The first-order valence-corrected chi connectivity index (χ1v) is 6.54. The molecule has 6 nitrogen and oxygen atoms in total. The Bertz CT molecular complexity index is 472. The van der Waals surface area contributed by atoms with E-state index in [1.54, 1.807) is 6.92 Å². The highest BCUT2D eigenvalue weighted by atomic mass is 32.2. The van der Waals surface area contributed by atoms with E-state index in [9.17, 15) is 13.2 Å². The number of amides is 1. The molecule has 0 aromatic carbocycles. The number of hydrogen-bond acceptors (Lipinski definition) is 5. The van der Waals surface area contributed by atoms with E-state index in [4.69, 9.17) is 4.74 Å². The van der Waals surface area contributed by atoms with Gasteiger partial charge in [-0.3, -0.25) is 9.78 Å². The van der Waals surface area contributed by atoms with Crippen molar-refractivity contribution in [3.63, 3.8) is 0 Å². The van der Waals surface area contributed by atoms with E-state index >= 15 is 0 Å². The Morgan fingerprint density at radius 3 is 2.82 bits per heavy atom. The molecule has 1 heterocycles. The number of sulfonamides is 1. The summed E-state index contributed by atoms with van der Waals surface area (Å²) in [5, 5.41) is 0. The number of aromatic nitrogens is 1. The molecule has 1 rings (SSSR count). The molecule has 1 aromatic rings. The smallest absolute Gasteiger partial charge is 0.265 e. The molecule has 0 aliphatic carbocycles. The van der Waals surface area contributed by atoms with Gasteiger partial charge in [0.15, 0.2) is 0 Å². The van der Waals surface area contributed by atoms with Crippen LogP contribution in [0.15, 0.2) is 29.4 Å². The maximum Gasteiger partial charge on any atom is 0.265 e. The number of hydrogen-bond donors (Lipinski definition) is 1. The predicted molar refractivity (Wildman–Crippen MR) is 60.7 cm³/mol. The third-order valence-electron chi connectivity index (χ3n) is 1.97. The van der Waals surface area contributed by atoms with E-state index in [0.717, 1.165) is 0 Å². The van der Waals surface area contributed by atoms with Gasteiger partial charge in [-0.15, -0.1) is 0 Å². The molecule has 0 spiro atoms. The zero-order valence-corrected chi connectivity index (χ0v) is 10.4. The Balaban J connectivity index is 2.78. The normalized spacial score (nSPS) is 13.1. The first kappa shape index (κ1) is 13.6. The molecular formula is C10H14N2O4S. The van der Waals surface area contributed by atoms with Gasteiger partial charge in [-0.05, 0) is 26.0 Å². The van der Waals surface area contributed by atoms with Crippen molar-refractivity contribution in [3.05, 3.63) is 24.5 Å². The minimum absolute atomic E-state index is 0.0583. The van der Waals surface area contributed by atoms with Gasteiger partial charge in [0.25, 0.3) is 15.9 Å². The summed E-state index contributed by atoms with van der Waals surface area (Å²) in [6.45, 7) is 3.54. The Labute approximate surface area is 100 Å². The van der Waals surface area contributed by atoms with Crippen LogP contribution in [0.4, 0.5) is 0 Å². The monoisotopic (exact) mass is 258 g/mol. The minimum Gasteiger partial charge on any atom is -0.369 e. The molecule has 0 aliphatic rings. The SMILES string of the molecule is CCO[C@H](C)C(=O)NS(=O)(=O)c1cccnc1. The van der Waals surface area contributed by atoms with E-state index in [-0.39, 0.29) is 4.90 Å². The molecule has 1 aromatic heterocycles. The molecule has 0 bridgehead atoms. The number of pyridine rings is 1. The second-order valence-corrected chi connectivity index (χ2v) is 4.94. The van der Waals surface area contributed by atoms with Crippen LogP contribution in [-0.4, -0.2) is 32.0 Å². The Morgan fingerprint density at radius 1 is 1.59 bits per heavy atom. The summed E-state index contributed by atoms with van der Waals surface area (Å²) in [7, 11) is -3.86. The second-order valence-electron chi connectivity index (χ2n) is 3.26. The van der Waals surface area contributed by atoms with E-state index in [1.165, 1.54) is 31.5 Å². The summed E-state index contributed by atoms with van der Waals surface area (Å²) in [4.78, 5) is 15.1. The third-order valence-corrected chi connectivity index (χ3v) is 3.30. The highest BCUT2D eigenvalue weighted by molar-refractivity contribution is 7.90. The number of nitrogens with zero attached hydrogens (tertiary/aromatic N) is 1. The largest absolute Gasteiger partial charge is 0.369 e. The van der Waals surface area contributed by atoms with E-state index < -0.39 is 22.0 Å². The molecule has 0 aliphatic heterocycles. The van der Waals surface area contributed by atoms with E-state index in [1.807, 2.05) is 4.72 Å². The van der Waals surface area contributed by atoms with Crippen molar-refractivity contribution in [1.29, 1.82) is 0 Å². The maximum atomic E-state index is 11.7. The average molecular weight is 258 g/mol. The first-order valence-electron chi connectivity index (χ1n) is 5.05. The molecule has 1 amide bonds. The topological polar surface area (TPSA) is 85.4 Å². The van der Waals surface area contributed by atoms with Gasteiger partial charge >= 0.3 is 0 Å². The van der Waals surface area contributed by atoms with Gasteiger partial charge in [0, 0.05) is 19.0 Å². The quantitative estimate of drug-likeness (QED) is 0.821. The van der Waals surface area contributed by atoms with Crippen molar-refractivity contribution in [1.82, 2.24) is 9.71 Å². The number of ether oxygens (including phenoxy) is 1. The van der Waals surface area contributed by atoms with Crippen LogP contribution in [0.3, 0.4) is 0 Å². The van der Waals surface area contributed by atoms with Crippen molar-refractivity contribution in [2.75, 3.05) is 6.61 Å². The molecule has 17 heavy (non-hydrogen) atoms. The summed E-state index contributed by atoms with van der Waals surface area (Å²) >= 11 is 0. The zero-order valence-electron chi connectivity index (χ0n) is 9.58. The predicted octanol–water partition coefficient (Wildman–Crippen LogP) is 0.311. The number of rotatable bonds is 5. The standard InChI is InChI=1S/C10H14N2O4S/c1-3-16-8(2)10(13)12-17(14,15)9-5-4-6-11-7-9/h4-8H,3H2,1-2H3,(H,12,13)/t8-/m1/s1. The average Bonchev–Trinajstić information content (AvgIpc) is 2.30. The molecular weight excluding hydrogens is 244 g/mol. The summed E-state index contributed by atoms with van der Waals surface area (Å²) in [6, 6.07) is 2.83. The van der Waals surface area contributed by atoms with Gasteiger partial charge in [-0.1, -0.05) is 0 Å². The third kappa shape index (κ3) is 3.79. The van der Waals surface area contributed by atoms with Gasteiger partial charge in [0.05, 0.1) is 0 Å². The molecule has 1 N–H and O–H groups in total. The molecule has 7 heteroatoms. The summed E-state index contributed by atoms with van der Waals surface area (Å²) in [6.07, 6.45) is 1.80. The van der Waals surface area contributed by atoms with Crippen LogP contribution in [0.1, 0.15) is 13.8 Å². The lowest BCUT2D eigenvalue weighted by Gasteiger charge is -2.12. The van der Waals surface area contributed by atoms with Crippen LogP contribution < -0.4 is 4.72 Å². The Hall–Kier alpha value is -1.47. The molecule has 0 unspecified atom stereocenters. The number of carbonyl (C=O) groups excluding carboxylic acids is 1. The summed E-state index contributed by atoms with van der Waals surface area (Å²) in [5.41, 5.74) is 0. The zero-order chi connectivity index (χ0) is 12.9. The van der Waals surface area contributed by atoms with E-state index in [0.29, 0.717) is 6.61 Å². The lowest BCUT2D eigenvalue weighted by atomic mass is 10.4. The number of carbonyl (C=O) groups is 1. The van der Waals surface area contributed by atoms with Crippen LogP contribution >= 0.6 is 0 Å². The van der Waals surface area contributed by atoms with Crippen LogP contribution in [0.5, 0.6) is 0 Å².